The molecular weight excluding hydrogens is 184 g/mol. The number of nitrogens with zero attached hydrogens (tertiary/aromatic N) is 3. The lowest BCUT2D eigenvalue weighted by molar-refractivity contribution is 0.183. The van der Waals surface area contributed by atoms with E-state index in [0.717, 1.165) is 30.8 Å². The van der Waals surface area contributed by atoms with E-state index in [2.05, 4.69) is 17.7 Å². The van der Waals surface area contributed by atoms with Crippen LogP contribution in [0.4, 0.5) is 0 Å². The molecule has 0 spiro atoms. The van der Waals surface area contributed by atoms with Crippen molar-refractivity contribution < 1.29 is 0 Å². The van der Waals surface area contributed by atoms with Gasteiger partial charge in [-0.15, -0.1) is 12.6 Å². The molecule has 1 fully saturated rings. The number of aromatic nitrogens is 2. The van der Waals surface area contributed by atoms with Crippen molar-refractivity contribution in [3.8, 4) is 0 Å². The monoisotopic (exact) mass is 198 g/mol. The molecule has 1 aliphatic heterocycles. The van der Waals surface area contributed by atoms with Crippen molar-refractivity contribution in [2.45, 2.75) is 23.8 Å². The SMILES string of the molecule is NN1CCC(n2cc(S)cn2)CC1. The van der Waals surface area contributed by atoms with Crippen molar-refractivity contribution in [2.24, 2.45) is 5.84 Å². The van der Waals surface area contributed by atoms with Crippen LogP contribution in [0.25, 0.3) is 0 Å². The Hall–Kier alpha value is -0.520. The first-order chi connectivity index (χ1) is 6.25. The van der Waals surface area contributed by atoms with Gasteiger partial charge in [-0.1, -0.05) is 0 Å². The molecule has 0 unspecified atom stereocenters. The lowest BCUT2D eigenvalue weighted by atomic mass is 10.1. The van der Waals surface area contributed by atoms with E-state index in [9.17, 15) is 0 Å². The normalized spacial score (nSPS) is 20.8. The van der Waals surface area contributed by atoms with Crippen molar-refractivity contribution in [3.05, 3.63) is 12.4 Å². The summed E-state index contributed by atoms with van der Waals surface area (Å²) in [5.74, 6) is 5.67. The van der Waals surface area contributed by atoms with Crippen molar-refractivity contribution >= 4 is 12.6 Å². The van der Waals surface area contributed by atoms with E-state index in [-0.39, 0.29) is 0 Å². The Morgan fingerprint density at radius 1 is 1.46 bits per heavy atom. The predicted molar refractivity (Wildman–Crippen MR) is 53.5 cm³/mol. The molecule has 0 atom stereocenters. The average molecular weight is 198 g/mol. The molecule has 0 saturated carbocycles. The quantitative estimate of drug-likeness (QED) is 0.515. The van der Waals surface area contributed by atoms with Gasteiger partial charge in [-0.25, -0.2) is 5.01 Å². The second-order valence-corrected chi connectivity index (χ2v) is 3.96. The zero-order chi connectivity index (χ0) is 9.26. The van der Waals surface area contributed by atoms with Crippen LogP contribution in [-0.2, 0) is 0 Å². The Kier molecular flexibility index (Phi) is 2.57. The summed E-state index contributed by atoms with van der Waals surface area (Å²) in [6, 6.07) is 0.501. The molecule has 0 aromatic carbocycles. The van der Waals surface area contributed by atoms with Gasteiger partial charge in [0, 0.05) is 24.2 Å². The van der Waals surface area contributed by atoms with Gasteiger partial charge in [-0.05, 0) is 12.8 Å². The summed E-state index contributed by atoms with van der Waals surface area (Å²) in [5.41, 5.74) is 0. The number of hydrogen-bond acceptors (Lipinski definition) is 4. The molecule has 1 aromatic rings. The fourth-order valence-electron chi connectivity index (χ4n) is 1.68. The van der Waals surface area contributed by atoms with Crippen LogP contribution in [0.2, 0.25) is 0 Å². The number of piperidine rings is 1. The maximum absolute atomic E-state index is 5.67. The van der Waals surface area contributed by atoms with Gasteiger partial charge in [0.1, 0.15) is 0 Å². The van der Waals surface area contributed by atoms with Crippen molar-refractivity contribution in [1.82, 2.24) is 14.8 Å². The third-order valence-corrected chi connectivity index (χ3v) is 2.69. The van der Waals surface area contributed by atoms with E-state index in [1.807, 2.05) is 15.9 Å². The second-order valence-electron chi connectivity index (χ2n) is 3.45. The highest BCUT2D eigenvalue weighted by Crippen LogP contribution is 2.20. The molecule has 0 radical (unpaired) electrons. The van der Waals surface area contributed by atoms with Crippen LogP contribution in [0, 0.1) is 0 Å². The molecule has 1 aliphatic rings. The first-order valence-electron chi connectivity index (χ1n) is 4.48. The van der Waals surface area contributed by atoms with Gasteiger partial charge in [0.25, 0.3) is 0 Å². The first kappa shape index (κ1) is 9.05. The predicted octanol–water partition coefficient (Wildman–Crippen LogP) is 0.682. The van der Waals surface area contributed by atoms with Gasteiger partial charge in [0.05, 0.1) is 12.2 Å². The van der Waals surface area contributed by atoms with Crippen molar-refractivity contribution in [1.29, 1.82) is 0 Å². The summed E-state index contributed by atoms with van der Waals surface area (Å²) in [6.45, 7) is 1.90. The Labute approximate surface area is 83.1 Å². The smallest absolute Gasteiger partial charge is 0.0623 e. The first-order valence-corrected chi connectivity index (χ1v) is 4.93. The molecule has 1 saturated heterocycles. The van der Waals surface area contributed by atoms with Gasteiger partial charge < -0.3 is 0 Å². The zero-order valence-electron chi connectivity index (χ0n) is 7.43. The lowest BCUT2D eigenvalue weighted by Gasteiger charge is -2.28. The highest BCUT2D eigenvalue weighted by molar-refractivity contribution is 7.80. The Morgan fingerprint density at radius 3 is 2.69 bits per heavy atom. The van der Waals surface area contributed by atoms with Crippen molar-refractivity contribution in [3.63, 3.8) is 0 Å². The van der Waals surface area contributed by atoms with E-state index < -0.39 is 0 Å². The third kappa shape index (κ3) is 2.04. The maximum Gasteiger partial charge on any atom is 0.0623 e. The summed E-state index contributed by atoms with van der Waals surface area (Å²) >= 11 is 4.22. The molecular formula is C8H14N4S. The van der Waals surface area contributed by atoms with Gasteiger partial charge in [-0.2, -0.15) is 5.10 Å². The standard InChI is InChI=1S/C8H14N4S/c9-11-3-1-7(2-4-11)12-6-8(13)5-10-12/h5-7,13H,1-4,9H2. The minimum atomic E-state index is 0.501. The molecule has 0 aliphatic carbocycles. The van der Waals surface area contributed by atoms with Crippen LogP contribution in [0.1, 0.15) is 18.9 Å². The van der Waals surface area contributed by atoms with Crippen LogP contribution >= 0.6 is 12.6 Å². The van der Waals surface area contributed by atoms with Crippen LogP contribution in [0.5, 0.6) is 0 Å². The fourth-order valence-corrected chi connectivity index (χ4v) is 1.85. The zero-order valence-corrected chi connectivity index (χ0v) is 8.32. The van der Waals surface area contributed by atoms with Gasteiger partial charge in [0.2, 0.25) is 0 Å². The summed E-state index contributed by atoms with van der Waals surface area (Å²) in [6.07, 6.45) is 5.90. The Balaban J connectivity index is 2.02. The summed E-state index contributed by atoms with van der Waals surface area (Å²) in [7, 11) is 0. The van der Waals surface area contributed by atoms with Crippen LogP contribution < -0.4 is 5.84 Å². The molecule has 2 N–H and O–H groups in total. The van der Waals surface area contributed by atoms with E-state index in [1.165, 1.54) is 0 Å². The Bertz CT molecular complexity index is 277. The fraction of sp³-hybridized carbons (Fsp3) is 0.625. The van der Waals surface area contributed by atoms with Crippen molar-refractivity contribution in [2.75, 3.05) is 13.1 Å². The van der Waals surface area contributed by atoms with Crippen LogP contribution in [-0.4, -0.2) is 27.9 Å². The summed E-state index contributed by atoms with van der Waals surface area (Å²) in [4.78, 5) is 0.926. The highest BCUT2D eigenvalue weighted by Gasteiger charge is 2.18. The van der Waals surface area contributed by atoms with Crippen LogP contribution in [0.15, 0.2) is 17.3 Å². The molecule has 13 heavy (non-hydrogen) atoms. The molecule has 2 heterocycles. The van der Waals surface area contributed by atoms with Gasteiger partial charge in [0.15, 0.2) is 0 Å². The second kappa shape index (κ2) is 3.69. The number of nitrogens with two attached hydrogens (primary N) is 1. The van der Waals surface area contributed by atoms with E-state index in [4.69, 9.17) is 5.84 Å². The molecule has 72 valence electrons. The number of hydrogen-bond donors (Lipinski definition) is 2. The molecule has 2 rings (SSSR count). The largest absolute Gasteiger partial charge is 0.269 e. The van der Waals surface area contributed by atoms with Gasteiger partial charge in [-0.3, -0.25) is 10.5 Å². The van der Waals surface area contributed by atoms with Crippen LogP contribution in [0.3, 0.4) is 0 Å². The van der Waals surface area contributed by atoms with E-state index in [0.29, 0.717) is 6.04 Å². The molecule has 4 nitrogen and oxygen atoms in total. The number of thiol groups is 1. The van der Waals surface area contributed by atoms with E-state index in [1.54, 1.807) is 6.20 Å². The summed E-state index contributed by atoms with van der Waals surface area (Å²) < 4.78 is 2.00. The lowest BCUT2D eigenvalue weighted by Crippen LogP contribution is -2.39. The summed E-state index contributed by atoms with van der Waals surface area (Å²) in [5, 5.41) is 6.11. The highest BCUT2D eigenvalue weighted by atomic mass is 32.1. The molecule has 0 amide bonds. The topological polar surface area (TPSA) is 47.1 Å². The third-order valence-electron chi connectivity index (χ3n) is 2.46. The Morgan fingerprint density at radius 2 is 2.15 bits per heavy atom. The molecule has 1 aromatic heterocycles. The maximum atomic E-state index is 5.67. The minimum absolute atomic E-state index is 0.501. The van der Waals surface area contributed by atoms with E-state index >= 15 is 0 Å². The number of hydrazine groups is 1. The molecule has 5 heteroatoms. The average Bonchev–Trinajstić information content (AvgIpc) is 2.53. The van der Waals surface area contributed by atoms with Gasteiger partial charge >= 0.3 is 0 Å². The number of rotatable bonds is 1. The molecule has 0 bridgehead atoms. The minimum Gasteiger partial charge on any atom is -0.269 e.